The van der Waals surface area contributed by atoms with Crippen LogP contribution >= 0.6 is 22.7 Å². The van der Waals surface area contributed by atoms with Crippen molar-refractivity contribution in [1.29, 1.82) is 0 Å². The lowest BCUT2D eigenvalue weighted by molar-refractivity contribution is 0.687. The lowest BCUT2D eigenvalue weighted by Gasteiger charge is -2.23. The molecule has 2 aromatic heterocycles. The molecule has 0 amide bonds. The molecular weight excluding hydrogens is 298 g/mol. The molecule has 2 atom stereocenters. The van der Waals surface area contributed by atoms with Crippen molar-refractivity contribution in [2.24, 2.45) is 0 Å². The Morgan fingerprint density at radius 2 is 2.14 bits per heavy atom. The Balaban J connectivity index is 2.26. The van der Waals surface area contributed by atoms with Crippen molar-refractivity contribution < 1.29 is 0 Å². The predicted octanol–water partition coefficient (Wildman–Crippen LogP) is 4.63. The number of hydrogen-bond donors (Lipinski definition) is 1. The lowest BCUT2D eigenvalue weighted by Crippen LogP contribution is -2.20. The molecule has 2 aromatic rings. The first-order valence-electron chi connectivity index (χ1n) is 7.48. The Kier molecular flexibility index (Phi) is 5.79. The van der Waals surface area contributed by atoms with E-state index < -0.39 is 0 Å². The fourth-order valence-electron chi connectivity index (χ4n) is 2.25. The van der Waals surface area contributed by atoms with Crippen LogP contribution < -0.4 is 10.2 Å². The van der Waals surface area contributed by atoms with Gasteiger partial charge in [0.25, 0.3) is 0 Å². The average molecular weight is 324 g/mol. The number of aromatic nitrogens is 1. The van der Waals surface area contributed by atoms with Gasteiger partial charge in [-0.1, -0.05) is 19.9 Å². The van der Waals surface area contributed by atoms with E-state index in [1.54, 1.807) is 0 Å². The standard InChI is InChI=1S/C16H25N3S2/c1-6-11(2)15-14(10-17-4)21-16(18-15)19(5)12(3)13-8-7-9-20-13/h7-9,11-12,17H,6,10H2,1-5H3. The second-order valence-corrected chi connectivity index (χ2v) is 7.49. The Hall–Kier alpha value is -0.910. The van der Waals surface area contributed by atoms with Crippen molar-refractivity contribution >= 4 is 27.8 Å². The van der Waals surface area contributed by atoms with E-state index in [1.165, 1.54) is 15.4 Å². The summed E-state index contributed by atoms with van der Waals surface area (Å²) in [5, 5.41) is 6.53. The molecule has 0 bridgehead atoms. The number of anilines is 1. The molecule has 0 saturated carbocycles. The zero-order chi connectivity index (χ0) is 15.4. The summed E-state index contributed by atoms with van der Waals surface area (Å²) < 4.78 is 0. The van der Waals surface area contributed by atoms with Gasteiger partial charge in [-0.25, -0.2) is 4.98 Å². The van der Waals surface area contributed by atoms with Crippen molar-refractivity contribution in [3.8, 4) is 0 Å². The third kappa shape index (κ3) is 3.65. The van der Waals surface area contributed by atoms with E-state index in [9.17, 15) is 0 Å². The van der Waals surface area contributed by atoms with Crippen LogP contribution in [0.1, 0.15) is 54.6 Å². The van der Waals surface area contributed by atoms with Crippen LogP contribution in [-0.2, 0) is 6.54 Å². The maximum atomic E-state index is 4.94. The maximum Gasteiger partial charge on any atom is 0.186 e. The van der Waals surface area contributed by atoms with E-state index in [2.05, 4.69) is 55.5 Å². The lowest BCUT2D eigenvalue weighted by atomic mass is 10.0. The van der Waals surface area contributed by atoms with Gasteiger partial charge in [-0.3, -0.25) is 0 Å². The minimum atomic E-state index is 0.364. The summed E-state index contributed by atoms with van der Waals surface area (Å²) >= 11 is 3.63. The van der Waals surface area contributed by atoms with E-state index >= 15 is 0 Å². The highest BCUT2D eigenvalue weighted by Gasteiger charge is 2.21. The van der Waals surface area contributed by atoms with Gasteiger partial charge in [0.05, 0.1) is 11.7 Å². The number of nitrogens with one attached hydrogen (secondary N) is 1. The third-order valence-electron chi connectivity index (χ3n) is 3.97. The minimum Gasteiger partial charge on any atom is -0.344 e. The van der Waals surface area contributed by atoms with Crippen molar-refractivity contribution in [2.75, 3.05) is 19.0 Å². The monoisotopic (exact) mass is 323 g/mol. The minimum absolute atomic E-state index is 0.364. The summed E-state index contributed by atoms with van der Waals surface area (Å²) in [6.45, 7) is 7.64. The van der Waals surface area contributed by atoms with Crippen LogP contribution in [0.5, 0.6) is 0 Å². The van der Waals surface area contributed by atoms with Gasteiger partial charge in [0.2, 0.25) is 0 Å². The van der Waals surface area contributed by atoms with Crippen molar-refractivity contribution in [3.63, 3.8) is 0 Å². The van der Waals surface area contributed by atoms with E-state index in [4.69, 9.17) is 4.98 Å². The van der Waals surface area contributed by atoms with Gasteiger partial charge in [0.1, 0.15) is 0 Å². The summed E-state index contributed by atoms with van der Waals surface area (Å²) in [6, 6.07) is 4.68. The topological polar surface area (TPSA) is 28.2 Å². The quantitative estimate of drug-likeness (QED) is 0.805. The Bertz CT molecular complexity index is 548. The zero-order valence-electron chi connectivity index (χ0n) is 13.5. The Morgan fingerprint density at radius 1 is 1.38 bits per heavy atom. The highest BCUT2D eigenvalue weighted by atomic mass is 32.1. The van der Waals surface area contributed by atoms with E-state index in [-0.39, 0.29) is 0 Å². The van der Waals surface area contributed by atoms with Gasteiger partial charge < -0.3 is 10.2 Å². The zero-order valence-corrected chi connectivity index (χ0v) is 15.1. The van der Waals surface area contributed by atoms with Crippen LogP contribution in [-0.4, -0.2) is 19.1 Å². The molecule has 0 aliphatic rings. The van der Waals surface area contributed by atoms with Gasteiger partial charge in [0.15, 0.2) is 5.13 Å². The highest BCUT2D eigenvalue weighted by Crippen LogP contribution is 2.35. The first kappa shape index (κ1) is 16.5. The second-order valence-electron chi connectivity index (χ2n) is 5.45. The fourth-order valence-corrected chi connectivity index (χ4v) is 4.31. The molecule has 0 radical (unpaired) electrons. The van der Waals surface area contributed by atoms with E-state index in [0.29, 0.717) is 12.0 Å². The molecule has 2 rings (SSSR count). The van der Waals surface area contributed by atoms with Gasteiger partial charge in [-0.05, 0) is 37.8 Å². The summed E-state index contributed by atoms with van der Waals surface area (Å²) in [5.74, 6) is 0.517. The first-order chi connectivity index (χ1) is 10.1. The molecule has 116 valence electrons. The largest absolute Gasteiger partial charge is 0.344 e. The molecule has 0 aliphatic carbocycles. The van der Waals surface area contributed by atoms with Crippen LogP contribution in [0.4, 0.5) is 5.13 Å². The van der Waals surface area contributed by atoms with Crippen LogP contribution in [0.15, 0.2) is 17.5 Å². The van der Waals surface area contributed by atoms with Crippen LogP contribution in [0.25, 0.3) is 0 Å². The predicted molar refractivity (Wildman–Crippen MR) is 94.7 cm³/mol. The average Bonchev–Trinajstić information content (AvgIpc) is 3.15. The van der Waals surface area contributed by atoms with Gasteiger partial charge in [0, 0.05) is 23.3 Å². The molecule has 0 fully saturated rings. The first-order valence-corrected chi connectivity index (χ1v) is 9.18. The second kappa shape index (κ2) is 7.38. The molecule has 1 N–H and O–H groups in total. The fraction of sp³-hybridized carbons (Fsp3) is 0.562. The van der Waals surface area contributed by atoms with Crippen molar-refractivity contribution in [3.05, 3.63) is 33.0 Å². The molecule has 2 unspecified atom stereocenters. The number of hydrogen-bond acceptors (Lipinski definition) is 5. The number of rotatable bonds is 7. The Labute approximate surface area is 136 Å². The van der Waals surface area contributed by atoms with Gasteiger partial charge in [-0.2, -0.15) is 0 Å². The number of thiazole rings is 1. The molecule has 2 heterocycles. The third-order valence-corrected chi connectivity index (χ3v) is 6.17. The number of thiophene rings is 1. The smallest absolute Gasteiger partial charge is 0.186 e. The molecule has 0 spiro atoms. The van der Waals surface area contributed by atoms with E-state index in [0.717, 1.165) is 18.1 Å². The van der Waals surface area contributed by atoms with Crippen LogP contribution in [0.2, 0.25) is 0 Å². The van der Waals surface area contributed by atoms with Gasteiger partial charge >= 0.3 is 0 Å². The van der Waals surface area contributed by atoms with Crippen LogP contribution in [0.3, 0.4) is 0 Å². The molecule has 0 saturated heterocycles. The summed E-state index contributed by atoms with van der Waals surface area (Å²) in [6.07, 6.45) is 1.13. The highest BCUT2D eigenvalue weighted by molar-refractivity contribution is 7.15. The molecule has 5 heteroatoms. The van der Waals surface area contributed by atoms with E-state index in [1.807, 2.05) is 29.7 Å². The molecular formula is C16H25N3S2. The molecule has 21 heavy (non-hydrogen) atoms. The maximum absolute atomic E-state index is 4.94. The summed E-state index contributed by atoms with van der Waals surface area (Å²) in [7, 11) is 4.14. The molecule has 0 aliphatic heterocycles. The molecule has 3 nitrogen and oxygen atoms in total. The SMILES string of the molecule is CCC(C)c1nc(N(C)C(C)c2cccs2)sc1CNC. The van der Waals surface area contributed by atoms with Crippen LogP contribution in [0, 0.1) is 0 Å². The normalized spacial score (nSPS) is 14.1. The summed E-state index contributed by atoms with van der Waals surface area (Å²) in [4.78, 5) is 9.98. The number of nitrogens with zero attached hydrogens (tertiary/aromatic N) is 2. The van der Waals surface area contributed by atoms with Crippen molar-refractivity contribution in [1.82, 2.24) is 10.3 Å². The van der Waals surface area contributed by atoms with Gasteiger partial charge in [-0.15, -0.1) is 22.7 Å². The van der Waals surface area contributed by atoms with Crippen molar-refractivity contribution in [2.45, 2.75) is 45.7 Å². The molecule has 0 aromatic carbocycles. The summed E-state index contributed by atoms with van der Waals surface area (Å²) in [5.41, 5.74) is 1.26. The Morgan fingerprint density at radius 3 is 2.71 bits per heavy atom.